The van der Waals surface area contributed by atoms with E-state index in [4.69, 9.17) is 70.1 Å². The molecule has 0 spiro atoms. The van der Waals surface area contributed by atoms with E-state index in [1.165, 1.54) is 65.2 Å². The van der Waals surface area contributed by atoms with Gasteiger partial charge in [-0.25, -0.2) is 33.7 Å². The molecule has 0 saturated carbocycles. The Morgan fingerprint density at radius 1 is 0.382 bits per heavy atom. The number of quaternary nitrogens is 4. The van der Waals surface area contributed by atoms with Crippen LogP contribution in [-0.2, 0) is 41.6 Å². The van der Waals surface area contributed by atoms with Crippen LogP contribution >= 0.6 is 0 Å². The monoisotopic (exact) mass is 592 g/mol. The number of hydrogen-bond donors (Lipinski definition) is 8. The van der Waals surface area contributed by atoms with Gasteiger partial charge in [0, 0.05) is 12.8 Å². The van der Waals surface area contributed by atoms with Crippen LogP contribution in [-0.4, -0.2) is 122 Å². The standard InChI is InChI=1S/C10H24N4.4H2O4S/c1-3-11-7-9-13-5-2-6-14-10-8-12-4-1;4*1-5(2,3)4/h11-14H,1-10H2;4*(H2,1,2,3,4). The van der Waals surface area contributed by atoms with Crippen molar-refractivity contribution in [3.05, 3.63) is 0 Å². The van der Waals surface area contributed by atoms with Crippen molar-refractivity contribution in [1.29, 1.82) is 0 Å². The molecule has 34 heavy (non-hydrogen) atoms. The minimum Gasteiger partial charge on any atom is -0.726 e. The van der Waals surface area contributed by atoms with Crippen molar-refractivity contribution in [3.8, 4) is 0 Å². The van der Waals surface area contributed by atoms with Crippen LogP contribution in [0.2, 0.25) is 0 Å². The normalized spacial score (nSPS) is 16.7. The van der Waals surface area contributed by atoms with Crippen LogP contribution in [0.3, 0.4) is 0 Å². The Morgan fingerprint density at radius 2 is 0.500 bits per heavy atom. The average Bonchev–Trinajstić information content (AvgIpc) is 2.51. The zero-order chi connectivity index (χ0) is 27.9. The lowest BCUT2D eigenvalue weighted by Gasteiger charge is -2.05. The Labute approximate surface area is 198 Å². The van der Waals surface area contributed by atoms with Crippen molar-refractivity contribution >= 4 is 41.6 Å². The van der Waals surface area contributed by atoms with Gasteiger partial charge in [0.15, 0.2) is 0 Å². The average molecular weight is 593 g/mol. The highest BCUT2D eigenvalue weighted by Crippen LogP contribution is 1.62. The van der Waals surface area contributed by atoms with Crippen LogP contribution in [0.4, 0.5) is 0 Å². The molecule has 0 radical (unpaired) electrons. The van der Waals surface area contributed by atoms with Gasteiger partial charge < -0.3 is 39.5 Å². The maximum absolute atomic E-state index is 8.63. The van der Waals surface area contributed by atoms with Crippen molar-refractivity contribution in [2.45, 2.75) is 12.8 Å². The fourth-order valence-electron chi connectivity index (χ4n) is 1.86. The summed E-state index contributed by atoms with van der Waals surface area (Å²) in [6, 6.07) is 0. The molecule has 1 rings (SSSR count). The Bertz CT molecular complexity index is 669. The molecule has 0 aromatic heterocycles. The summed E-state index contributed by atoms with van der Waals surface area (Å²) in [5, 5.41) is 9.84. The maximum Gasteiger partial charge on any atom is 0.215 e. The largest absolute Gasteiger partial charge is 0.726 e. The van der Waals surface area contributed by atoms with Gasteiger partial charge >= 0.3 is 0 Å². The molecule has 0 aromatic carbocycles. The van der Waals surface area contributed by atoms with Crippen LogP contribution in [0, 0.1) is 0 Å². The molecule has 0 aromatic rings. The lowest BCUT2D eigenvalue weighted by molar-refractivity contribution is -0.746. The molecule has 0 amide bonds. The summed E-state index contributed by atoms with van der Waals surface area (Å²) in [5.74, 6) is 0. The summed E-state index contributed by atoms with van der Waals surface area (Å²) in [5.41, 5.74) is 0. The third-order valence-electron chi connectivity index (χ3n) is 2.78. The second-order valence-electron chi connectivity index (χ2n) is 5.88. The van der Waals surface area contributed by atoms with Crippen molar-refractivity contribution in [2.24, 2.45) is 0 Å². The minimum atomic E-state index is -4.92. The van der Waals surface area contributed by atoms with Gasteiger partial charge in [-0.1, -0.05) is 0 Å². The fraction of sp³-hybridized carbons (Fsp3) is 1.00. The highest BCUT2D eigenvalue weighted by molar-refractivity contribution is 7.80. The molecule has 0 bridgehead atoms. The molecule has 12 N–H and O–H groups in total. The molecule has 1 aliphatic heterocycles. The van der Waals surface area contributed by atoms with E-state index in [1.807, 2.05) is 0 Å². The van der Waals surface area contributed by atoms with E-state index in [-0.39, 0.29) is 0 Å². The molecular weight excluding hydrogens is 560 g/mol. The first-order valence-electron chi connectivity index (χ1n) is 9.00. The van der Waals surface area contributed by atoms with Crippen molar-refractivity contribution in [1.82, 2.24) is 0 Å². The zero-order valence-corrected chi connectivity index (χ0v) is 21.0. The molecule has 20 nitrogen and oxygen atoms in total. The summed E-state index contributed by atoms with van der Waals surface area (Å²) >= 11 is 0. The summed E-state index contributed by atoms with van der Waals surface area (Å²) < 4.78 is 131. The highest BCUT2D eigenvalue weighted by Gasteiger charge is 1.99. The molecule has 1 fully saturated rings. The van der Waals surface area contributed by atoms with E-state index >= 15 is 0 Å². The molecule has 0 unspecified atom stereocenters. The van der Waals surface area contributed by atoms with Crippen LogP contribution in [0.25, 0.3) is 0 Å². The fourth-order valence-corrected chi connectivity index (χ4v) is 1.86. The number of hydrogen-bond acceptors (Lipinski definition) is 12. The van der Waals surface area contributed by atoms with Crippen molar-refractivity contribution in [2.75, 3.05) is 52.4 Å². The molecule has 1 aliphatic rings. The van der Waals surface area contributed by atoms with Crippen molar-refractivity contribution in [3.63, 3.8) is 0 Å². The van der Waals surface area contributed by atoms with Gasteiger partial charge in [-0.3, -0.25) is 18.2 Å². The predicted molar refractivity (Wildman–Crippen MR) is 105 cm³/mol. The number of nitrogens with two attached hydrogens (primary N) is 4. The van der Waals surface area contributed by atoms with Gasteiger partial charge in [0.2, 0.25) is 41.6 Å². The van der Waals surface area contributed by atoms with E-state index in [0.29, 0.717) is 0 Å². The van der Waals surface area contributed by atoms with Crippen LogP contribution in [0.5, 0.6) is 0 Å². The summed E-state index contributed by atoms with van der Waals surface area (Å²) in [6.45, 7) is 10.4. The quantitative estimate of drug-likeness (QED) is 0.0955. The van der Waals surface area contributed by atoms with E-state index in [9.17, 15) is 0 Å². The van der Waals surface area contributed by atoms with Crippen LogP contribution in [0.15, 0.2) is 0 Å². The molecule has 1 heterocycles. The van der Waals surface area contributed by atoms with Crippen LogP contribution < -0.4 is 21.3 Å². The first kappa shape index (κ1) is 40.5. The molecule has 0 aliphatic carbocycles. The first-order chi connectivity index (χ1) is 15.0. The predicted octanol–water partition coefficient (Wildman–Crippen LogP) is -8.95. The Balaban J connectivity index is -0.000000188. The highest BCUT2D eigenvalue weighted by atomic mass is 32.3. The van der Waals surface area contributed by atoms with Gasteiger partial charge in [0.1, 0.15) is 26.2 Å². The van der Waals surface area contributed by atoms with Gasteiger partial charge in [0.05, 0.1) is 26.2 Å². The van der Waals surface area contributed by atoms with Gasteiger partial charge in [-0.05, 0) is 0 Å². The molecule has 0 atom stereocenters. The topological polar surface area (TPSA) is 376 Å². The molecular formula is C10H32N4O16S4. The Morgan fingerprint density at radius 3 is 0.618 bits per heavy atom. The second-order valence-corrected chi connectivity index (χ2v) is 9.30. The van der Waals surface area contributed by atoms with Gasteiger partial charge in [0.25, 0.3) is 0 Å². The zero-order valence-electron chi connectivity index (χ0n) is 17.7. The lowest BCUT2D eigenvalue weighted by Crippen LogP contribution is -2.98. The minimum absolute atomic E-state index is 1.30. The van der Waals surface area contributed by atoms with Gasteiger partial charge in [-0.15, -0.1) is 0 Å². The Hall–Kier alpha value is -0.680. The third kappa shape index (κ3) is 162. The smallest absolute Gasteiger partial charge is 0.215 e. The molecule has 1 saturated heterocycles. The van der Waals surface area contributed by atoms with Gasteiger partial charge in [-0.2, -0.15) is 0 Å². The van der Waals surface area contributed by atoms with E-state index in [0.717, 1.165) is 0 Å². The first-order valence-corrected chi connectivity index (χ1v) is 14.5. The summed E-state index contributed by atoms with van der Waals surface area (Å²) in [4.78, 5) is 0. The SMILES string of the molecule is C1C[NH2+]CC[NH2+]CCC[NH2+]CC[NH2+]C1.O=S(=O)([O-])O.O=S(=O)([O-])O.O=S(=O)([O-])O.O=S(=O)([O-])O. The Kier molecular flexibility index (Phi) is 27.1. The maximum atomic E-state index is 8.63. The molecule has 24 heteroatoms. The lowest BCUT2D eigenvalue weighted by atomic mass is 10.3. The van der Waals surface area contributed by atoms with E-state index in [1.54, 1.807) is 0 Å². The van der Waals surface area contributed by atoms with E-state index < -0.39 is 41.6 Å². The third-order valence-corrected chi connectivity index (χ3v) is 2.78. The van der Waals surface area contributed by atoms with Crippen LogP contribution in [0.1, 0.15) is 12.8 Å². The number of rotatable bonds is 0. The summed E-state index contributed by atoms with van der Waals surface area (Å²) in [7, 11) is -19.7. The second kappa shape index (κ2) is 22.8. The summed E-state index contributed by atoms with van der Waals surface area (Å²) in [6.07, 6.45) is 2.72. The van der Waals surface area contributed by atoms with Crippen molar-refractivity contribution < 1.29 is 91.4 Å². The van der Waals surface area contributed by atoms with E-state index in [2.05, 4.69) is 21.3 Å². The molecule has 212 valence electrons.